The summed E-state index contributed by atoms with van der Waals surface area (Å²) in [6.07, 6.45) is 2.81. The molecule has 32 heavy (non-hydrogen) atoms. The molecule has 1 aromatic heterocycles. The number of fused-ring (bicyclic) bond motifs is 2. The number of amides is 2. The molecule has 1 N–H and O–H groups in total. The van der Waals surface area contributed by atoms with Gasteiger partial charge in [-0.1, -0.05) is 24.3 Å². The molecule has 0 unspecified atom stereocenters. The number of hydrogen-bond donors (Lipinski definition) is 1. The quantitative estimate of drug-likeness (QED) is 0.616. The third kappa shape index (κ3) is 4.63. The van der Waals surface area contributed by atoms with Crippen molar-refractivity contribution in [2.24, 2.45) is 0 Å². The van der Waals surface area contributed by atoms with E-state index in [-0.39, 0.29) is 11.8 Å². The van der Waals surface area contributed by atoms with Crippen LogP contribution < -0.4 is 15.0 Å². The molecule has 0 saturated carbocycles. The summed E-state index contributed by atoms with van der Waals surface area (Å²) < 4.78 is 5.20. The molecule has 1 aliphatic heterocycles. The Balaban J connectivity index is 1.45. The molecule has 0 fully saturated rings. The van der Waals surface area contributed by atoms with Crippen molar-refractivity contribution in [3.05, 3.63) is 78.0 Å². The van der Waals surface area contributed by atoms with E-state index in [1.807, 2.05) is 25.2 Å². The highest BCUT2D eigenvalue weighted by Gasteiger charge is 2.29. The number of carbonyl (C=O) groups is 2. The van der Waals surface area contributed by atoms with Crippen LogP contribution in [0.4, 0.5) is 17.2 Å². The Hall–Kier alpha value is -3.71. The third-order valence-corrected chi connectivity index (χ3v) is 5.53. The predicted octanol–water partition coefficient (Wildman–Crippen LogP) is 3.89. The molecule has 164 valence electrons. The first-order chi connectivity index (χ1) is 15.6. The van der Waals surface area contributed by atoms with Gasteiger partial charge in [-0.2, -0.15) is 0 Å². The number of ether oxygens (including phenoxy) is 1. The zero-order chi connectivity index (χ0) is 22.5. The van der Waals surface area contributed by atoms with Gasteiger partial charge in [0.2, 0.25) is 5.91 Å². The van der Waals surface area contributed by atoms with Crippen LogP contribution >= 0.6 is 0 Å². The molecule has 0 aliphatic carbocycles. The van der Waals surface area contributed by atoms with Gasteiger partial charge in [0.1, 0.15) is 5.75 Å². The molecule has 4 rings (SSSR count). The van der Waals surface area contributed by atoms with Gasteiger partial charge in [0.25, 0.3) is 5.91 Å². The van der Waals surface area contributed by atoms with Gasteiger partial charge >= 0.3 is 0 Å². The lowest BCUT2D eigenvalue weighted by Gasteiger charge is -2.24. The molecule has 2 heterocycles. The Bertz CT molecular complexity index is 1110. The monoisotopic (exact) mass is 430 g/mol. The van der Waals surface area contributed by atoms with E-state index in [0.717, 1.165) is 18.7 Å². The molecule has 7 nitrogen and oxygen atoms in total. The number of aromatic nitrogens is 1. The van der Waals surface area contributed by atoms with E-state index in [2.05, 4.69) is 27.3 Å². The van der Waals surface area contributed by atoms with Crippen LogP contribution in [0.1, 0.15) is 22.3 Å². The van der Waals surface area contributed by atoms with E-state index in [1.54, 1.807) is 48.5 Å². The third-order valence-electron chi connectivity index (χ3n) is 5.53. The number of likely N-dealkylation sites (N-methyl/N-ethyl adjacent to an activating group) is 1. The van der Waals surface area contributed by atoms with Gasteiger partial charge in [0.15, 0.2) is 5.82 Å². The number of carbonyl (C=O) groups excluding carboxylic acids is 2. The fourth-order valence-corrected chi connectivity index (χ4v) is 3.71. The van der Waals surface area contributed by atoms with Crippen molar-refractivity contribution in [2.45, 2.75) is 12.8 Å². The highest BCUT2D eigenvalue weighted by molar-refractivity contribution is 6.17. The van der Waals surface area contributed by atoms with Gasteiger partial charge in [-0.15, -0.1) is 0 Å². The number of benzene rings is 2. The minimum atomic E-state index is -0.248. The lowest BCUT2D eigenvalue weighted by molar-refractivity contribution is -0.118. The van der Waals surface area contributed by atoms with Gasteiger partial charge in [-0.05, 0) is 55.4 Å². The highest BCUT2D eigenvalue weighted by atomic mass is 16.5. The average Bonchev–Trinajstić information content (AvgIpc) is 2.95. The summed E-state index contributed by atoms with van der Waals surface area (Å²) in [7, 11) is 3.66. The van der Waals surface area contributed by atoms with Crippen LogP contribution in [-0.2, 0) is 11.2 Å². The summed E-state index contributed by atoms with van der Waals surface area (Å²) in [6, 6.07) is 18.6. The van der Waals surface area contributed by atoms with Crippen molar-refractivity contribution >= 4 is 29.0 Å². The largest absolute Gasteiger partial charge is 0.497 e. The number of pyridine rings is 1. The lowest BCUT2D eigenvalue weighted by atomic mass is 10.1. The van der Waals surface area contributed by atoms with Crippen LogP contribution in [-0.4, -0.2) is 48.9 Å². The zero-order valence-electron chi connectivity index (χ0n) is 18.2. The van der Waals surface area contributed by atoms with Crippen molar-refractivity contribution in [2.75, 3.05) is 37.5 Å². The molecule has 0 atom stereocenters. The first-order valence-electron chi connectivity index (χ1n) is 10.6. The van der Waals surface area contributed by atoms with E-state index in [4.69, 9.17) is 4.74 Å². The summed E-state index contributed by atoms with van der Waals surface area (Å²) in [6.45, 7) is 1.42. The summed E-state index contributed by atoms with van der Waals surface area (Å²) >= 11 is 0. The lowest BCUT2D eigenvalue weighted by Crippen LogP contribution is -2.32. The average molecular weight is 431 g/mol. The topological polar surface area (TPSA) is 74.8 Å². The second-order valence-corrected chi connectivity index (χ2v) is 7.73. The summed E-state index contributed by atoms with van der Waals surface area (Å²) in [5.74, 6) is 0.927. The molecule has 0 spiro atoms. The Morgan fingerprint density at radius 3 is 2.62 bits per heavy atom. The normalized spacial score (nSPS) is 12.6. The molecule has 0 saturated heterocycles. The fraction of sp³-hybridized carbons (Fsp3) is 0.240. The minimum absolute atomic E-state index is 0.106. The van der Waals surface area contributed by atoms with E-state index >= 15 is 0 Å². The van der Waals surface area contributed by atoms with Crippen molar-refractivity contribution in [1.29, 1.82) is 0 Å². The number of nitrogens with one attached hydrogen (secondary N) is 1. The molecular weight excluding hydrogens is 404 g/mol. The summed E-state index contributed by atoms with van der Waals surface area (Å²) in [4.78, 5) is 34.1. The Morgan fingerprint density at radius 1 is 1.06 bits per heavy atom. The van der Waals surface area contributed by atoms with Gasteiger partial charge in [-0.3, -0.25) is 14.5 Å². The molecule has 7 heteroatoms. The SMILES string of the molecule is COc1ccc(CCN(C)CCC(=O)N2c3ccccc3C(=O)Nc3cccnc32)cc1. The van der Waals surface area contributed by atoms with Crippen molar-refractivity contribution < 1.29 is 14.3 Å². The van der Waals surface area contributed by atoms with Crippen LogP contribution in [0.15, 0.2) is 66.9 Å². The Kier molecular flexibility index (Phi) is 6.47. The number of rotatable bonds is 7. The van der Waals surface area contributed by atoms with E-state index in [1.165, 1.54) is 5.56 Å². The Morgan fingerprint density at radius 2 is 1.84 bits per heavy atom. The second kappa shape index (κ2) is 9.62. The molecule has 3 aromatic rings. The highest BCUT2D eigenvalue weighted by Crippen LogP contribution is 2.36. The van der Waals surface area contributed by atoms with Crippen LogP contribution in [0.2, 0.25) is 0 Å². The first kappa shape index (κ1) is 21.5. The van der Waals surface area contributed by atoms with Gasteiger partial charge in [-0.25, -0.2) is 4.98 Å². The van der Waals surface area contributed by atoms with E-state index in [9.17, 15) is 9.59 Å². The number of anilines is 3. The number of hydrogen-bond acceptors (Lipinski definition) is 5. The molecule has 0 radical (unpaired) electrons. The fourth-order valence-electron chi connectivity index (χ4n) is 3.71. The van der Waals surface area contributed by atoms with Gasteiger partial charge in [0.05, 0.1) is 24.0 Å². The van der Waals surface area contributed by atoms with Crippen molar-refractivity contribution in [1.82, 2.24) is 9.88 Å². The maximum absolute atomic E-state index is 13.3. The second-order valence-electron chi connectivity index (χ2n) is 7.73. The van der Waals surface area contributed by atoms with Gasteiger partial charge < -0.3 is 15.0 Å². The maximum Gasteiger partial charge on any atom is 0.257 e. The number of methoxy groups -OCH3 is 1. The van der Waals surface area contributed by atoms with Crippen LogP contribution in [0, 0.1) is 0 Å². The maximum atomic E-state index is 13.3. The molecular formula is C25H26N4O3. The van der Waals surface area contributed by atoms with Crippen LogP contribution in [0.3, 0.4) is 0 Å². The van der Waals surface area contributed by atoms with E-state index < -0.39 is 0 Å². The molecule has 2 amide bonds. The molecule has 1 aliphatic rings. The van der Waals surface area contributed by atoms with E-state index in [0.29, 0.717) is 35.7 Å². The predicted molar refractivity (Wildman–Crippen MR) is 125 cm³/mol. The van der Waals surface area contributed by atoms with Gasteiger partial charge in [0, 0.05) is 25.7 Å². The summed E-state index contributed by atoms with van der Waals surface area (Å²) in [5, 5.41) is 2.86. The number of nitrogens with zero attached hydrogens (tertiary/aromatic N) is 3. The Labute approximate surface area is 187 Å². The minimum Gasteiger partial charge on any atom is -0.497 e. The first-order valence-corrected chi connectivity index (χ1v) is 10.6. The molecule has 2 aromatic carbocycles. The standard InChI is InChI=1S/C25H26N4O3/c1-28(16-13-18-9-11-19(32-2)12-10-18)17-14-23(30)29-22-8-4-3-6-20(22)25(31)27-21-7-5-15-26-24(21)29/h3-12,15H,13-14,16-17H2,1-2H3,(H,27,31). The summed E-state index contributed by atoms with van der Waals surface area (Å²) in [5.41, 5.74) is 2.74. The van der Waals surface area contributed by atoms with Crippen molar-refractivity contribution in [3.8, 4) is 5.75 Å². The molecule has 0 bridgehead atoms. The van der Waals surface area contributed by atoms with Crippen LogP contribution in [0.5, 0.6) is 5.75 Å². The van der Waals surface area contributed by atoms with Crippen molar-refractivity contribution in [3.63, 3.8) is 0 Å². The number of para-hydroxylation sites is 1. The van der Waals surface area contributed by atoms with Crippen LogP contribution in [0.25, 0.3) is 0 Å². The zero-order valence-corrected chi connectivity index (χ0v) is 18.2. The smallest absolute Gasteiger partial charge is 0.257 e.